The lowest BCUT2D eigenvalue weighted by molar-refractivity contribution is -0.130. The molecule has 0 unspecified atom stereocenters. The fourth-order valence-corrected chi connectivity index (χ4v) is 3.82. The highest BCUT2D eigenvalue weighted by Crippen LogP contribution is 2.38. The van der Waals surface area contributed by atoms with Gasteiger partial charge in [0.25, 0.3) is 0 Å². The van der Waals surface area contributed by atoms with Crippen LogP contribution in [0, 0.1) is 5.92 Å². The van der Waals surface area contributed by atoms with Gasteiger partial charge >= 0.3 is 5.97 Å². The standard InChI is InChI=1S/C23H25NO4S/c1-16(14-26-2)23(25)28-21-7-5-4-6-18(21)15-29-22(17-8-9-17)24-19-10-12-20(27-3)13-11-19/h4-7,10-14,17H,8-9,15H2,1-3H3. The number of nitrogens with zero attached hydrogens (tertiary/aromatic N) is 1. The maximum absolute atomic E-state index is 12.2. The van der Waals surface area contributed by atoms with Crippen LogP contribution in [0.2, 0.25) is 0 Å². The number of rotatable bonds is 8. The van der Waals surface area contributed by atoms with Gasteiger partial charge in [-0.3, -0.25) is 0 Å². The van der Waals surface area contributed by atoms with Gasteiger partial charge in [0.1, 0.15) is 11.5 Å². The van der Waals surface area contributed by atoms with E-state index < -0.39 is 5.97 Å². The summed E-state index contributed by atoms with van der Waals surface area (Å²) in [5.41, 5.74) is 2.29. The molecule has 1 fully saturated rings. The molecular formula is C23H25NO4S. The van der Waals surface area contributed by atoms with Crippen molar-refractivity contribution in [3.8, 4) is 11.5 Å². The molecule has 0 heterocycles. The summed E-state index contributed by atoms with van der Waals surface area (Å²) >= 11 is 1.70. The van der Waals surface area contributed by atoms with Gasteiger partial charge in [0, 0.05) is 17.2 Å². The number of thioether (sulfide) groups is 1. The molecule has 0 amide bonds. The quantitative estimate of drug-likeness (QED) is 0.143. The highest BCUT2D eigenvalue weighted by molar-refractivity contribution is 8.13. The summed E-state index contributed by atoms with van der Waals surface area (Å²) < 4.78 is 15.7. The van der Waals surface area contributed by atoms with Crippen LogP contribution in [0.1, 0.15) is 25.3 Å². The van der Waals surface area contributed by atoms with Crippen LogP contribution in [-0.2, 0) is 15.3 Å². The average Bonchev–Trinajstić information content (AvgIpc) is 3.58. The molecule has 2 aromatic carbocycles. The minimum Gasteiger partial charge on any atom is -0.504 e. The molecule has 152 valence electrons. The third kappa shape index (κ3) is 6.12. The lowest BCUT2D eigenvalue weighted by atomic mass is 10.2. The Morgan fingerprint density at radius 3 is 2.52 bits per heavy atom. The van der Waals surface area contributed by atoms with Gasteiger partial charge in [-0.15, -0.1) is 11.8 Å². The monoisotopic (exact) mass is 411 g/mol. The normalized spacial score (nSPS) is 14.4. The SMILES string of the molecule is COC=C(C)C(=O)Oc1ccccc1CSC(=Nc1ccc(OC)cc1)C1CC1. The average molecular weight is 412 g/mol. The molecule has 1 aliphatic carbocycles. The van der Waals surface area contributed by atoms with Gasteiger partial charge in [0.15, 0.2) is 0 Å². The highest BCUT2D eigenvalue weighted by atomic mass is 32.2. The van der Waals surface area contributed by atoms with Crippen molar-refractivity contribution in [3.05, 3.63) is 65.9 Å². The maximum Gasteiger partial charge on any atom is 0.342 e. The van der Waals surface area contributed by atoms with Crippen molar-refractivity contribution < 1.29 is 19.0 Å². The molecule has 0 spiro atoms. The van der Waals surface area contributed by atoms with Crippen LogP contribution in [0.5, 0.6) is 11.5 Å². The first-order chi connectivity index (χ1) is 14.1. The lowest BCUT2D eigenvalue weighted by Crippen LogP contribution is -2.10. The molecule has 29 heavy (non-hydrogen) atoms. The van der Waals surface area contributed by atoms with Crippen molar-refractivity contribution in [2.45, 2.75) is 25.5 Å². The third-order valence-electron chi connectivity index (χ3n) is 4.41. The topological polar surface area (TPSA) is 57.1 Å². The van der Waals surface area contributed by atoms with Crippen LogP contribution < -0.4 is 9.47 Å². The number of benzene rings is 2. The van der Waals surface area contributed by atoms with Crippen molar-refractivity contribution in [1.29, 1.82) is 0 Å². The number of ether oxygens (including phenoxy) is 3. The molecule has 5 nitrogen and oxygen atoms in total. The van der Waals surface area contributed by atoms with Crippen molar-refractivity contribution in [1.82, 2.24) is 0 Å². The van der Waals surface area contributed by atoms with Gasteiger partial charge < -0.3 is 14.2 Å². The molecule has 6 heteroatoms. The van der Waals surface area contributed by atoms with Crippen molar-refractivity contribution >= 4 is 28.5 Å². The molecule has 0 radical (unpaired) electrons. The Morgan fingerprint density at radius 2 is 1.86 bits per heavy atom. The van der Waals surface area contributed by atoms with Gasteiger partial charge in [-0.05, 0) is 50.1 Å². The second-order valence-corrected chi connectivity index (χ2v) is 7.74. The second kappa shape index (κ2) is 10.2. The first-order valence-corrected chi connectivity index (χ1v) is 10.4. The van der Waals surface area contributed by atoms with E-state index in [1.54, 1.807) is 25.8 Å². The Kier molecular flexibility index (Phi) is 7.36. The summed E-state index contributed by atoms with van der Waals surface area (Å²) in [6.07, 6.45) is 3.71. The van der Waals surface area contributed by atoms with Crippen LogP contribution in [0.3, 0.4) is 0 Å². The second-order valence-electron chi connectivity index (χ2n) is 6.74. The van der Waals surface area contributed by atoms with Crippen LogP contribution in [0.15, 0.2) is 65.4 Å². The minimum absolute atomic E-state index is 0.412. The number of aliphatic imine (C=N–C) groups is 1. The van der Waals surface area contributed by atoms with E-state index in [0.717, 1.165) is 22.0 Å². The zero-order valence-corrected chi connectivity index (χ0v) is 17.7. The van der Waals surface area contributed by atoms with Crippen molar-refractivity contribution in [3.63, 3.8) is 0 Å². The summed E-state index contributed by atoms with van der Waals surface area (Å²) in [7, 11) is 3.16. The molecule has 2 aromatic rings. The van der Waals surface area contributed by atoms with Gasteiger partial charge in [0.2, 0.25) is 0 Å². The molecule has 0 bridgehead atoms. The van der Waals surface area contributed by atoms with Gasteiger partial charge in [-0.1, -0.05) is 18.2 Å². The lowest BCUT2D eigenvalue weighted by Gasteiger charge is -2.11. The van der Waals surface area contributed by atoms with E-state index in [1.165, 1.54) is 26.2 Å². The number of carbonyl (C=O) groups is 1. The number of hydrogen-bond acceptors (Lipinski definition) is 6. The number of hydrogen-bond donors (Lipinski definition) is 0. The van der Waals surface area contributed by atoms with E-state index in [4.69, 9.17) is 19.2 Å². The predicted octanol–water partition coefficient (Wildman–Crippen LogP) is 5.52. The zero-order chi connectivity index (χ0) is 20.6. The largest absolute Gasteiger partial charge is 0.504 e. The van der Waals surface area contributed by atoms with Gasteiger partial charge in [-0.25, -0.2) is 9.79 Å². The molecular weight excluding hydrogens is 386 g/mol. The Labute approximate surface area is 175 Å². The Bertz CT molecular complexity index is 901. The van der Waals surface area contributed by atoms with Crippen LogP contribution in [0.4, 0.5) is 5.69 Å². The van der Waals surface area contributed by atoms with Crippen LogP contribution in [-0.4, -0.2) is 25.2 Å². The summed E-state index contributed by atoms with van der Waals surface area (Å²) in [6.45, 7) is 1.66. The fraction of sp³-hybridized carbons (Fsp3) is 0.304. The summed E-state index contributed by atoms with van der Waals surface area (Å²) in [5.74, 6) is 2.16. The van der Waals surface area contributed by atoms with Gasteiger partial charge in [0.05, 0.1) is 36.8 Å². The molecule has 3 rings (SSSR count). The zero-order valence-electron chi connectivity index (χ0n) is 16.9. The fourth-order valence-electron chi connectivity index (χ4n) is 2.64. The highest BCUT2D eigenvalue weighted by Gasteiger charge is 2.28. The van der Waals surface area contributed by atoms with Crippen molar-refractivity contribution in [2.24, 2.45) is 10.9 Å². The smallest absolute Gasteiger partial charge is 0.342 e. The number of methoxy groups -OCH3 is 2. The molecule has 0 saturated heterocycles. The number of esters is 1. The Morgan fingerprint density at radius 1 is 1.14 bits per heavy atom. The van der Waals surface area contributed by atoms with E-state index in [-0.39, 0.29) is 0 Å². The van der Waals surface area contributed by atoms with E-state index in [0.29, 0.717) is 23.0 Å². The number of para-hydroxylation sites is 1. The molecule has 0 aliphatic heterocycles. The first-order valence-electron chi connectivity index (χ1n) is 9.45. The predicted molar refractivity (Wildman–Crippen MR) is 117 cm³/mol. The van der Waals surface area contributed by atoms with Gasteiger partial charge in [-0.2, -0.15) is 0 Å². The first kappa shape index (κ1) is 21.0. The third-order valence-corrected chi connectivity index (χ3v) is 5.58. The van der Waals surface area contributed by atoms with E-state index >= 15 is 0 Å². The Balaban J connectivity index is 1.71. The van der Waals surface area contributed by atoms with E-state index in [9.17, 15) is 4.79 Å². The Hall–Kier alpha value is -2.73. The summed E-state index contributed by atoms with van der Waals surface area (Å²) in [5, 5.41) is 1.12. The maximum atomic E-state index is 12.2. The van der Waals surface area contributed by atoms with Crippen molar-refractivity contribution in [2.75, 3.05) is 14.2 Å². The molecule has 0 aromatic heterocycles. The molecule has 0 atom stereocenters. The number of carbonyl (C=O) groups excluding carboxylic acids is 1. The minimum atomic E-state index is -0.418. The van der Waals surface area contributed by atoms with Crippen LogP contribution in [0.25, 0.3) is 0 Å². The molecule has 1 aliphatic rings. The summed E-state index contributed by atoms with van der Waals surface area (Å²) in [6, 6.07) is 15.3. The molecule has 0 N–H and O–H groups in total. The summed E-state index contributed by atoms with van der Waals surface area (Å²) in [4.78, 5) is 17.0. The van der Waals surface area contributed by atoms with Crippen LogP contribution >= 0.6 is 11.8 Å². The van der Waals surface area contributed by atoms with E-state index in [1.807, 2.05) is 48.5 Å². The van der Waals surface area contributed by atoms with E-state index in [2.05, 4.69) is 0 Å². The molecule has 1 saturated carbocycles.